The summed E-state index contributed by atoms with van der Waals surface area (Å²) in [5.74, 6) is 1.47. The van der Waals surface area contributed by atoms with Crippen molar-refractivity contribution in [3.63, 3.8) is 0 Å². The Bertz CT molecular complexity index is 132. The molecule has 0 bridgehead atoms. The van der Waals surface area contributed by atoms with Gasteiger partial charge in [0.25, 0.3) is 0 Å². The van der Waals surface area contributed by atoms with Gasteiger partial charge in [-0.05, 0) is 29.5 Å². The van der Waals surface area contributed by atoms with Crippen LogP contribution in [0.15, 0.2) is 0 Å². The van der Waals surface area contributed by atoms with Gasteiger partial charge in [-0.15, -0.1) is 0 Å². The molecule has 2 heteroatoms. The summed E-state index contributed by atoms with van der Waals surface area (Å²) in [6.45, 7) is 19.2. The Morgan fingerprint density at radius 1 is 0.692 bits per heavy atom. The number of hydrogen-bond donors (Lipinski definition) is 0. The van der Waals surface area contributed by atoms with Crippen LogP contribution in [0.3, 0.4) is 0 Å². The van der Waals surface area contributed by atoms with E-state index in [4.69, 9.17) is 0 Å². The van der Waals surface area contributed by atoms with Gasteiger partial charge >= 0.3 is 0 Å². The first kappa shape index (κ1) is 13.9. The topological polar surface area (TPSA) is 0 Å². The minimum atomic E-state index is 0.204. The lowest BCUT2D eigenvalue weighted by atomic mass is 10.3. The van der Waals surface area contributed by atoms with E-state index in [0.29, 0.717) is 10.3 Å². The summed E-state index contributed by atoms with van der Waals surface area (Å²) in [5, 5.41) is 1.08. The second-order valence-corrected chi connectivity index (χ2v) is 12.5. The summed E-state index contributed by atoms with van der Waals surface area (Å²) in [4.78, 5) is 0. The van der Waals surface area contributed by atoms with Crippen molar-refractivity contribution >= 4 is 15.8 Å². The van der Waals surface area contributed by atoms with Gasteiger partial charge in [-0.3, -0.25) is 0 Å². The van der Waals surface area contributed by atoms with Crippen molar-refractivity contribution in [1.29, 1.82) is 0 Å². The highest BCUT2D eigenvalue weighted by Crippen LogP contribution is 2.59. The molecule has 0 aromatic rings. The third-order valence-corrected chi connectivity index (χ3v) is 10.7. The lowest BCUT2D eigenvalue weighted by molar-refractivity contribution is 0.778. The molecule has 0 radical (unpaired) electrons. The highest BCUT2D eigenvalue weighted by Gasteiger charge is 2.26. The second-order valence-electron chi connectivity index (χ2n) is 5.88. The molecule has 0 aromatic heterocycles. The van der Waals surface area contributed by atoms with Gasteiger partial charge in [0.15, 0.2) is 0 Å². The number of rotatable bonds is 2. The van der Waals surface area contributed by atoms with Gasteiger partial charge in [-0.1, -0.05) is 57.4 Å². The molecule has 0 saturated heterocycles. The Hall–Kier alpha value is 0.860. The van der Waals surface area contributed by atoms with Crippen LogP contribution >= 0.6 is 15.8 Å². The van der Waals surface area contributed by atoms with Gasteiger partial charge in [0.2, 0.25) is 0 Å². The Kier molecular flexibility index (Phi) is 4.89. The van der Waals surface area contributed by atoms with E-state index in [-0.39, 0.29) is 15.8 Å². The maximum atomic E-state index is 2.46. The third-order valence-electron chi connectivity index (χ3n) is 2.71. The van der Waals surface area contributed by atoms with E-state index in [1.807, 2.05) is 0 Å². The minimum Gasteiger partial charge on any atom is -0.1000 e. The summed E-state index contributed by atoms with van der Waals surface area (Å²) in [6, 6.07) is 0. The summed E-state index contributed by atoms with van der Waals surface area (Å²) >= 11 is 0. The largest absolute Gasteiger partial charge is 0.1000 e. The van der Waals surface area contributed by atoms with E-state index in [9.17, 15) is 0 Å². The molecule has 0 fully saturated rings. The van der Waals surface area contributed by atoms with E-state index >= 15 is 0 Å². The quantitative estimate of drug-likeness (QED) is 0.588. The Morgan fingerprint density at radius 2 is 0.923 bits per heavy atom. The molecule has 0 aliphatic carbocycles. The summed E-state index contributed by atoms with van der Waals surface area (Å²) in [7, 11) is 0.407. The Morgan fingerprint density at radius 3 is 1.08 bits per heavy atom. The zero-order chi connectivity index (χ0) is 10.9. The molecule has 0 aliphatic rings. The fourth-order valence-corrected chi connectivity index (χ4v) is 6.68. The van der Waals surface area contributed by atoms with Crippen LogP contribution in [0.2, 0.25) is 0 Å². The molecule has 80 valence electrons. The average molecular weight is 220 g/mol. The van der Waals surface area contributed by atoms with Gasteiger partial charge in [0, 0.05) is 0 Å². The molecule has 2 atom stereocenters. The van der Waals surface area contributed by atoms with Gasteiger partial charge in [-0.25, -0.2) is 0 Å². The van der Waals surface area contributed by atoms with Crippen LogP contribution in [-0.2, 0) is 0 Å². The first-order valence-electron chi connectivity index (χ1n) is 4.97. The van der Waals surface area contributed by atoms with Crippen LogP contribution in [0.25, 0.3) is 0 Å². The van der Waals surface area contributed by atoms with Crippen molar-refractivity contribution in [2.75, 3.05) is 19.2 Å². The van der Waals surface area contributed by atoms with Crippen LogP contribution in [0, 0.1) is 0 Å². The lowest BCUT2D eigenvalue weighted by Gasteiger charge is -2.35. The molecule has 0 amide bonds. The average Bonchev–Trinajstić information content (AvgIpc) is 1.82. The van der Waals surface area contributed by atoms with Gasteiger partial charge in [0.1, 0.15) is 0 Å². The SMILES string of the molecule is C[P@](C[P@@](C)C(C)(C)C)C(C)(C)C. The Labute approximate surface area is 87.4 Å². The van der Waals surface area contributed by atoms with Crippen molar-refractivity contribution in [2.45, 2.75) is 51.9 Å². The molecule has 0 unspecified atom stereocenters. The lowest BCUT2D eigenvalue weighted by Crippen LogP contribution is -2.17. The molecule has 0 saturated carbocycles. The van der Waals surface area contributed by atoms with E-state index in [0.717, 1.165) is 0 Å². The van der Waals surface area contributed by atoms with E-state index in [1.54, 1.807) is 0 Å². The summed E-state index contributed by atoms with van der Waals surface area (Å²) in [5.41, 5.74) is 0. The second kappa shape index (κ2) is 4.59. The number of hydrogen-bond acceptors (Lipinski definition) is 0. The third kappa shape index (κ3) is 5.34. The van der Waals surface area contributed by atoms with Crippen LogP contribution in [-0.4, -0.2) is 29.5 Å². The molecule has 0 N–H and O–H groups in total. The fourth-order valence-electron chi connectivity index (χ4n) is 0.742. The highest BCUT2D eigenvalue weighted by molar-refractivity contribution is 7.75. The molecule has 0 heterocycles. The van der Waals surface area contributed by atoms with Crippen LogP contribution in [0.4, 0.5) is 0 Å². The van der Waals surface area contributed by atoms with Crippen molar-refractivity contribution in [3.8, 4) is 0 Å². The van der Waals surface area contributed by atoms with E-state index in [2.05, 4.69) is 54.9 Å². The molecule has 0 spiro atoms. The molecule has 13 heavy (non-hydrogen) atoms. The van der Waals surface area contributed by atoms with Gasteiger partial charge in [-0.2, -0.15) is 0 Å². The zero-order valence-electron chi connectivity index (χ0n) is 10.6. The van der Waals surface area contributed by atoms with Crippen LogP contribution < -0.4 is 0 Å². The fraction of sp³-hybridized carbons (Fsp3) is 1.00. The van der Waals surface area contributed by atoms with Crippen molar-refractivity contribution in [1.82, 2.24) is 0 Å². The zero-order valence-corrected chi connectivity index (χ0v) is 12.4. The van der Waals surface area contributed by atoms with Gasteiger partial charge < -0.3 is 0 Å². The first-order chi connectivity index (χ1) is 5.55. The summed E-state index contributed by atoms with van der Waals surface area (Å²) < 4.78 is 0. The van der Waals surface area contributed by atoms with Crippen LogP contribution in [0.1, 0.15) is 41.5 Å². The highest BCUT2D eigenvalue weighted by atomic mass is 31.2. The molecular weight excluding hydrogens is 194 g/mol. The molecule has 0 aromatic carbocycles. The molecular formula is C11H26P2. The minimum absolute atomic E-state index is 0.204. The van der Waals surface area contributed by atoms with Crippen LogP contribution in [0.5, 0.6) is 0 Å². The van der Waals surface area contributed by atoms with Crippen molar-refractivity contribution < 1.29 is 0 Å². The van der Waals surface area contributed by atoms with Crippen molar-refractivity contribution in [3.05, 3.63) is 0 Å². The Balaban J connectivity index is 4.15. The predicted octanol–water partition coefficient (Wildman–Crippen LogP) is 4.76. The maximum Gasteiger partial charge on any atom is -0.0116 e. The monoisotopic (exact) mass is 220 g/mol. The van der Waals surface area contributed by atoms with E-state index in [1.165, 1.54) is 5.90 Å². The maximum absolute atomic E-state index is 2.46. The smallest absolute Gasteiger partial charge is 0.0116 e. The standard InChI is InChI=1S/C11H26P2/c1-10(2,3)12(7)9-13(8)11(4,5)6/h9H2,1-8H3/t12-,13-/m1/s1. The van der Waals surface area contributed by atoms with Crippen molar-refractivity contribution in [2.24, 2.45) is 0 Å². The summed E-state index contributed by atoms with van der Waals surface area (Å²) in [6.07, 6.45) is 0. The normalized spacial score (nSPS) is 18.5. The molecule has 0 aliphatic heterocycles. The molecule has 0 nitrogen and oxygen atoms in total. The first-order valence-corrected chi connectivity index (χ1v) is 8.92. The van der Waals surface area contributed by atoms with Gasteiger partial charge in [0.05, 0.1) is 0 Å². The predicted molar refractivity (Wildman–Crippen MR) is 70.1 cm³/mol. The van der Waals surface area contributed by atoms with E-state index < -0.39 is 0 Å². The molecule has 0 rings (SSSR count).